The fourth-order valence-corrected chi connectivity index (χ4v) is 1.45. The predicted octanol–water partition coefficient (Wildman–Crippen LogP) is -0.257. The average molecular weight is 214 g/mol. The lowest BCUT2D eigenvalue weighted by atomic mass is 10.3. The summed E-state index contributed by atoms with van der Waals surface area (Å²) in [4.78, 5) is 13.2. The van der Waals surface area contributed by atoms with Gasteiger partial charge >= 0.3 is 6.03 Å². The summed E-state index contributed by atoms with van der Waals surface area (Å²) >= 11 is 0. The van der Waals surface area contributed by atoms with E-state index in [9.17, 15) is 4.79 Å². The molecule has 1 aliphatic heterocycles. The number of amidine groups is 1. The third kappa shape index (κ3) is 3.75. The number of rotatable bonds is 4. The molecule has 0 aromatic heterocycles. The number of urea groups is 1. The van der Waals surface area contributed by atoms with Crippen LogP contribution in [0.15, 0.2) is 0 Å². The van der Waals surface area contributed by atoms with Crippen LogP contribution in [0.2, 0.25) is 0 Å². The van der Waals surface area contributed by atoms with Crippen molar-refractivity contribution in [1.82, 2.24) is 10.2 Å². The van der Waals surface area contributed by atoms with Crippen LogP contribution in [0.3, 0.4) is 0 Å². The normalized spacial score (nSPS) is 19.9. The Kier molecular flexibility index (Phi) is 4.36. The molecule has 0 aliphatic carbocycles. The third-order valence-corrected chi connectivity index (χ3v) is 2.29. The van der Waals surface area contributed by atoms with Crippen molar-refractivity contribution in [2.45, 2.75) is 19.4 Å². The molecule has 1 saturated heterocycles. The van der Waals surface area contributed by atoms with E-state index in [0.717, 1.165) is 6.42 Å². The van der Waals surface area contributed by atoms with Crippen molar-refractivity contribution < 1.29 is 9.53 Å². The van der Waals surface area contributed by atoms with Gasteiger partial charge in [0.2, 0.25) is 0 Å². The van der Waals surface area contributed by atoms with Crippen molar-refractivity contribution in [3.05, 3.63) is 0 Å². The number of carbonyl (C=O) groups excluding carboxylic acids is 1. The molecule has 1 rings (SSSR count). The van der Waals surface area contributed by atoms with E-state index in [4.69, 9.17) is 15.9 Å². The largest absolute Gasteiger partial charge is 0.386 e. The van der Waals surface area contributed by atoms with Gasteiger partial charge in [0.15, 0.2) is 0 Å². The van der Waals surface area contributed by atoms with Crippen molar-refractivity contribution in [3.63, 3.8) is 0 Å². The van der Waals surface area contributed by atoms with E-state index < -0.39 is 0 Å². The average Bonchev–Trinajstić information content (AvgIpc) is 2.66. The molecule has 0 radical (unpaired) electrons. The van der Waals surface area contributed by atoms with Gasteiger partial charge in [0, 0.05) is 13.2 Å². The van der Waals surface area contributed by atoms with Gasteiger partial charge in [-0.2, -0.15) is 0 Å². The number of nitrogens with two attached hydrogens (primary N) is 1. The fraction of sp³-hybridized carbons (Fsp3) is 0.778. The number of hydrogen-bond donors (Lipinski definition) is 3. The SMILES string of the molecule is CCN(CC(=N)N)C(=O)NC1CCOC1. The van der Waals surface area contributed by atoms with Crippen LogP contribution in [0.25, 0.3) is 0 Å². The molecule has 1 atom stereocenters. The Balaban J connectivity index is 2.38. The molecule has 0 aromatic rings. The van der Waals surface area contributed by atoms with Crippen LogP contribution in [-0.2, 0) is 4.74 Å². The monoisotopic (exact) mass is 214 g/mol. The quantitative estimate of drug-likeness (QED) is 0.445. The molecule has 1 unspecified atom stereocenters. The van der Waals surface area contributed by atoms with Crippen LogP contribution >= 0.6 is 0 Å². The van der Waals surface area contributed by atoms with E-state index in [0.29, 0.717) is 19.8 Å². The van der Waals surface area contributed by atoms with Crippen molar-refractivity contribution >= 4 is 11.9 Å². The van der Waals surface area contributed by atoms with Gasteiger partial charge in [-0.15, -0.1) is 0 Å². The van der Waals surface area contributed by atoms with Crippen molar-refractivity contribution in [3.8, 4) is 0 Å². The minimum absolute atomic E-state index is 0.00493. The third-order valence-electron chi connectivity index (χ3n) is 2.29. The van der Waals surface area contributed by atoms with Crippen LogP contribution < -0.4 is 11.1 Å². The first-order valence-electron chi connectivity index (χ1n) is 5.09. The van der Waals surface area contributed by atoms with Gasteiger partial charge in [-0.25, -0.2) is 4.79 Å². The zero-order chi connectivity index (χ0) is 11.3. The molecule has 6 nitrogen and oxygen atoms in total. The Bertz CT molecular complexity index is 238. The van der Waals surface area contributed by atoms with E-state index in [-0.39, 0.29) is 24.5 Å². The summed E-state index contributed by atoms with van der Waals surface area (Å²) in [5.41, 5.74) is 5.25. The maximum Gasteiger partial charge on any atom is 0.318 e. The minimum atomic E-state index is -0.178. The van der Waals surface area contributed by atoms with Crippen LogP contribution in [0.5, 0.6) is 0 Å². The van der Waals surface area contributed by atoms with E-state index in [2.05, 4.69) is 5.32 Å². The van der Waals surface area contributed by atoms with Crippen LogP contribution in [0.1, 0.15) is 13.3 Å². The van der Waals surface area contributed by atoms with E-state index in [1.54, 1.807) is 0 Å². The van der Waals surface area contributed by atoms with Gasteiger partial charge in [-0.3, -0.25) is 5.41 Å². The zero-order valence-electron chi connectivity index (χ0n) is 8.95. The van der Waals surface area contributed by atoms with Gasteiger partial charge in [0.1, 0.15) is 5.84 Å². The number of nitrogens with one attached hydrogen (secondary N) is 2. The fourth-order valence-electron chi connectivity index (χ4n) is 1.45. The van der Waals surface area contributed by atoms with E-state index >= 15 is 0 Å². The van der Waals surface area contributed by atoms with E-state index in [1.807, 2.05) is 6.92 Å². The summed E-state index contributed by atoms with van der Waals surface area (Å²) in [5.74, 6) is -0.00493. The maximum atomic E-state index is 11.7. The van der Waals surface area contributed by atoms with E-state index in [1.165, 1.54) is 4.90 Å². The zero-order valence-corrected chi connectivity index (χ0v) is 8.95. The van der Waals surface area contributed by atoms with Gasteiger partial charge in [0.05, 0.1) is 19.2 Å². The molecule has 15 heavy (non-hydrogen) atoms. The number of ether oxygens (including phenoxy) is 1. The number of carbonyl (C=O) groups is 1. The lowest BCUT2D eigenvalue weighted by Gasteiger charge is -2.22. The predicted molar refractivity (Wildman–Crippen MR) is 56.9 cm³/mol. The standard InChI is InChI=1S/C9H18N4O2/c1-2-13(5-8(10)11)9(14)12-7-3-4-15-6-7/h7H,2-6H2,1H3,(H3,10,11)(H,12,14). The number of nitrogens with zero attached hydrogens (tertiary/aromatic N) is 1. The highest BCUT2D eigenvalue weighted by molar-refractivity contribution is 5.84. The second kappa shape index (κ2) is 5.55. The topological polar surface area (TPSA) is 91.4 Å². The summed E-state index contributed by atoms with van der Waals surface area (Å²) in [6.07, 6.45) is 0.851. The van der Waals surface area contributed by atoms with Crippen LogP contribution in [0, 0.1) is 5.41 Å². The molecule has 1 heterocycles. The Morgan fingerprint density at radius 1 is 1.73 bits per heavy atom. The maximum absolute atomic E-state index is 11.7. The molecular formula is C9H18N4O2. The molecular weight excluding hydrogens is 196 g/mol. The molecule has 1 fully saturated rings. The lowest BCUT2D eigenvalue weighted by Crippen LogP contribution is -2.47. The Morgan fingerprint density at radius 2 is 2.47 bits per heavy atom. The second-order valence-electron chi connectivity index (χ2n) is 3.55. The first-order valence-corrected chi connectivity index (χ1v) is 5.09. The molecule has 0 aromatic carbocycles. The Labute approximate surface area is 89.3 Å². The van der Waals surface area contributed by atoms with Gasteiger partial charge in [-0.05, 0) is 13.3 Å². The van der Waals surface area contributed by atoms with Gasteiger partial charge < -0.3 is 20.7 Å². The lowest BCUT2D eigenvalue weighted by molar-refractivity contribution is 0.181. The molecule has 0 bridgehead atoms. The molecule has 4 N–H and O–H groups in total. The number of hydrogen-bond acceptors (Lipinski definition) is 3. The summed E-state index contributed by atoms with van der Waals surface area (Å²) in [6.45, 7) is 3.84. The van der Waals surface area contributed by atoms with Crippen molar-refractivity contribution in [2.75, 3.05) is 26.3 Å². The first kappa shape index (κ1) is 11.8. The molecule has 2 amide bonds. The number of likely N-dealkylation sites (N-methyl/N-ethyl adjacent to an activating group) is 1. The molecule has 0 saturated carbocycles. The van der Waals surface area contributed by atoms with Crippen LogP contribution in [-0.4, -0.2) is 49.1 Å². The highest BCUT2D eigenvalue weighted by atomic mass is 16.5. The van der Waals surface area contributed by atoms with Crippen molar-refractivity contribution in [2.24, 2.45) is 5.73 Å². The smallest absolute Gasteiger partial charge is 0.318 e. The summed E-state index contributed by atoms with van der Waals surface area (Å²) in [7, 11) is 0. The Hall–Kier alpha value is -1.30. The molecule has 1 aliphatic rings. The number of amides is 2. The Morgan fingerprint density at radius 3 is 2.93 bits per heavy atom. The highest BCUT2D eigenvalue weighted by Gasteiger charge is 2.20. The summed E-state index contributed by atoms with van der Waals surface area (Å²) < 4.78 is 5.15. The first-order chi connectivity index (χ1) is 7.13. The highest BCUT2D eigenvalue weighted by Crippen LogP contribution is 2.04. The van der Waals surface area contributed by atoms with Gasteiger partial charge in [0.25, 0.3) is 0 Å². The summed E-state index contributed by atoms with van der Waals surface area (Å²) in [6, 6.07) is -0.0818. The molecule has 0 spiro atoms. The second-order valence-corrected chi connectivity index (χ2v) is 3.55. The van der Waals surface area contributed by atoms with Crippen LogP contribution in [0.4, 0.5) is 4.79 Å². The molecule has 86 valence electrons. The minimum Gasteiger partial charge on any atom is -0.386 e. The van der Waals surface area contributed by atoms with Gasteiger partial charge in [-0.1, -0.05) is 0 Å². The molecule has 6 heteroatoms. The summed E-state index contributed by atoms with van der Waals surface area (Å²) in [5, 5.41) is 9.98. The van der Waals surface area contributed by atoms with Crippen molar-refractivity contribution in [1.29, 1.82) is 5.41 Å².